The Balaban J connectivity index is 2.45. The zero-order chi connectivity index (χ0) is 26.7. The number of hydrogen-bond donors (Lipinski definition) is 6. The fourth-order valence-electron chi connectivity index (χ4n) is 3.31. The van der Waals surface area contributed by atoms with Gasteiger partial charge in [-0.3, -0.25) is 14.3 Å². The Labute approximate surface area is 204 Å². The van der Waals surface area contributed by atoms with Gasteiger partial charge in [0, 0.05) is 12.6 Å². The highest BCUT2D eigenvalue weighted by Crippen LogP contribution is 2.29. The van der Waals surface area contributed by atoms with Gasteiger partial charge in [-0.05, 0) is 23.5 Å². The Morgan fingerprint density at radius 1 is 1.23 bits per heavy atom. The molecule has 8 N–H and O–H groups in total. The van der Waals surface area contributed by atoms with Crippen LogP contribution in [-0.4, -0.2) is 48.4 Å². The predicted octanol–water partition coefficient (Wildman–Crippen LogP) is -0.0248. The van der Waals surface area contributed by atoms with Crippen molar-refractivity contribution in [2.45, 2.75) is 45.8 Å². The SMILES string of the molecule is C=C(NS(N)(=O)=O)[C@H](NC(=O)c1c(C)nc(-c2ccc(C(C)(C)C)cc2CO)nc1N)C(=O)NC. The number of likely N-dealkylation sites (N-methyl/N-ethyl adjacent to an activating group) is 1. The van der Waals surface area contributed by atoms with Crippen LogP contribution in [-0.2, 0) is 27.0 Å². The summed E-state index contributed by atoms with van der Waals surface area (Å²) in [6.07, 6.45) is 0. The molecule has 0 saturated heterocycles. The summed E-state index contributed by atoms with van der Waals surface area (Å²) in [5.74, 6) is -1.54. The number of nitrogens with two attached hydrogens (primary N) is 2. The van der Waals surface area contributed by atoms with E-state index in [-0.39, 0.29) is 40.6 Å². The van der Waals surface area contributed by atoms with Gasteiger partial charge in [0.05, 0.1) is 18.0 Å². The molecule has 0 bridgehead atoms. The Kier molecular flexibility index (Phi) is 8.21. The van der Waals surface area contributed by atoms with E-state index in [0.717, 1.165) is 5.56 Å². The Hall–Kier alpha value is -3.55. The molecule has 13 heteroatoms. The zero-order valence-corrected chi connectivity index (χ0v) is 21.1. The molecule has 0 aliphatic heterocycles. The smallest absolute Gasteiger partial charge is 0.296 e. The lowest BCUT2D eigenvalue weighted by Crippen LogP contribution is -2.51. The van der Waals surface area contributed by atoms with E-state index in [1.165, 1.54) is 14.0 Å². The summed E-state index contributed by atoms with van der Waals surface area (Å²) in [7, 11) is -2.93. The minimum atomic E-state index is -4.23. The fraction of sp³-hybridized carbons (Fsp3) is 0.364. The third kappa shape index (κ3) is 6.74. The van der Waals surface area contributed by atoms with E-state index >= 15 is 0 Å². The zero-order valence-electron chi connectivity index (χ0n) is 20.3. The van der Waals surface area contributed by atoms with Gasteiger partial charge in [0.15, 0.2) is 5.82 Å². The van der Waals surface area contributed by atoms with Gasteiger partial charge in [-0.15, -0.1) is 0 Å². The molecule has 0 radical (unpaired) electrons. The summed E-state index contributed by atoms with van der Waals surface area (Å²) in [6.45, 7) is 10.9. The van der Waals surface area contributed by atoms with Crippen molar-refractivity contribution in [1.29, 1.82) is 0 Å². The molecule has 2 amide bonds. The van der Waals surface area contributed by atoms with Gasteiger partial charge in [-0.1, -0.05) is 45.5 Å². The molecule has 2 aromatic rings. The lowest BCUT2D eigenvalue weighted by molar-refractivity contribution is -0.121. The number of aliphatic hydroxyl groups is 1. The Bertz CT molecular complexity index is 1250. The minimum absolute atomic E-state index is 0.108. The molecule has 1 atom stereocenters. The first-order chi connectivity index (χ1) is 16.1. The monoisotopic (exact) mass is 505 g/mol. The van der Waals surface area contributed by atoms with Crippen LogP contribution in [0.25, 0.3) is 11.4 Å². The van der Waals surface area contributed by atoms with Crippen LogP contribution in [0.3, 0.4) is 0 Å². The maximum atomic E-state index is 13.0. The van der Waals surface area contributed by atoms with Crippen LogP contribution < -0.4 is 26.2 Å². The number of hydrogen-bond acceptors (Lipinski definition) is 8. The van der Waals surface area contributed by atoms with Crippen molar-refractivity contribution in [1.82, 2.24) is 25.3 Å². The summed E-state index contributed by atoms with van der Waals surface area (Å²) in [5, 5.41) is 19.5. The molecule has 12 nitrogen and oxygen atoms in total. The van der Waals surface area contributed by atoms with Gasteiger partial charge in [0.25, 0.3) is 16.1 Å². The van der Waals surface area contributed by atoms with E-state index in [1.807, 2.05) is 16.9 Å². The van der Waals surface area contributed by atoms with Crippen molar-refractivity contribution in [2.75, 3.05) is 12.8 Å². The topological polar surface area (TPSA) is 202 Å². The van der Waals surface area contributed by atoms with Crippen molar-refractivity contribution < 1.29 is 23.1 Å². The molecule has 0 aliphatic carbocycles. The highest BCUT2D eigenvalue weighted by atomic mass is 32.2. The standard InChI is InChI=1S/C22H31N7O5S/c1-11-16(20(31)27-17(21(32)25-6)12(2)29-35(24,33)34)18(23)28-19(26-11)15-8-7-14(22(3,4)5)9-13(15)10-30/h7-9,17,29-30H,2,10H2,1,3-6H3,(H,25,32)(H,27,31)(H2,23,26,28)(H2,24,33,34)/t17-/m0/s1. The molecule has 1 aromatic heterocycles. The number of nitrogens with one attached hydrogen (secondary N) is 3. The van der Waals surface area contributed by atoms with Crippen LogP contribution in [0.1, 0.15) is 48.0 Å². The highest BCUT2D eigenvalue weighted by Gasteiger charge is 2.28. The summed E-state index contributed by atoms with van der Waals surface area (Å²) in [4.78, 5) is 33.8. The van der Waals surface area contributed by atoms with Crippen molar-refractivity contribution in [3.8, 4) is 11.4 Å². The van der Waals surface area contributed by atoms with Gasteiger partial charge in [0.1, 0.15) is 17.4 Å². The Morgan fingerprint density at radius 2 is 1.86 bits per heavy atom. The van der Waals surface area contributed by atoms with Crippen LogP contribution >= 0.6 is 0 Å². The molecular formula is C22H31N7O5S. The number of amides is 2. The third-order valence-electron chi connectivity index (χ3n) is 5.13. The normalized spacial score (nSPS) is 12.5. The molecule has 1 heterocycles. The first-order valence-electron chi connectivity index (χ1n) is 10.5. The van der Waals surface area contributed by atoms with E-state index < -0.39 is 28.1 Å². The van der Waals surface area contributed by atoms with Crippen molar-refractivity contribution >= 4 is 27.8 Å². The second kappa shape index (κ2) is 10.4. The number of nitrogen functional groups attached to an aromatic ring is 1. The van der Waals surface area contributed by atoms with Crippen LogP contribution in [0.5, 0.6) is 0 Å². The largest absolute Gasteiger partial charge is 0.392 e. The summed E-state index contributed by atoms with van der Waals surface area (Å²) in [5.41, 5.74) is 7.83. The predicted molar refractivity (Wildman–Crippen MR) is 132 cm³/mol. The molecule has 2 rings (SSSR count). The van der Waals surface area contributed by atoms with Crippen molar-refractivity contribution in [2.24, 2.45) is 5.14 Å². The van der Waals surface area contributed by atoms with E-state index in [4.69, 9.17) is 10.9 Å². The number of carbonyl (C=O) groups is 2. The third-order valence-corrected chi connectivity index (χ3v) is 5.68. The maximum Gasteiger partial charge on any atom is 0.296 e. The van der Waals surface area contributed by atoms with Crippen molar-refractivity contribution in [3.05, 3.63) is 52.9 Å². The Morgan fingerprint density at radius 3 is 2.34 bits per heavy atom. The molecule has 0 fully saturated rings. The lowest BCUT2D eigenvalue weighted by atomic mass is 9.85. The average Bonchev–Trinajstić information content (AvgIpc) is 2.73. The molecule has 35 heavy (non-hydrogen) atoms. The van der Waals surface area contributed by atoms with E-state index in [2.05, 4.69) is 48.0 Å². The number of aromatic nitrogens is 2. The fourth-order valence-corrected chi connectivity index (χ4v) is 3.79. The molecule has 0 aliphatic rings. The van der Waals surface area contributed by atoms with Gasteiger partial charge in [0.2, 0.25) is 5.91 Å². The number of aryl methyl sites for hydroxylation is 1. The van der Waals surface area contributed by atoms with Gasteiger partial charge < -0.3 is 21.5 Å². The van der Waals surface area contributed by atoms with Gasteiger partial charge in [-0.25, -0.2) is 15.1 Å². The molecule has 0 spiro atoms. The summed E-state index contributed by atoms with van der Waals surface area (Å²) in [6, 6.07) is 4.06. The van der Waals surface area contributed by atoms with Crippen LogP contribution in [0, 0.1) is 6.92 Å². The number of aliphatic hydroxyl groups excluding tert-OH is 1. The lowest BCUT2D eigenvalue weighted by Gasteiger charge is -2.22. The van der Waals surface area contributed by atoms with Gasteiger partial charge >= 0.3 is 0 Å². The van der Waals surface area contributed by atoms with Crippen LogP contribution in [0.2, 0.25) is 0 Å². The molecular weight excluding hydrogens is 474 g/mol. The molecule has 0 unspecified atom stereocenters. The first kappa shape index (κ1) is 27.7. The van der Waals surface area contributed by atoms with E-state index in [9.17, 15) is 23.1 Å². The van der Waals surface area contributed by atoms with Gasteiger partial charge in [-0.2, -0.15) is 8.42 Å². The summed E-state index contributed by atoms with van der Waals surface area (Å²) < 4.78 is 24.5. The first-order valence-corrected chi connectivity index (χ1v) is 12.0. The van der Waals surface area contributed by atoms with Crippen LogP contribution in [0.15, 0.2) is 30.5 Å². The molecule has 0 saturated carbocycles. The number of carbonyl (C=O) groups excluding carboxylic acids is 2. The number of nitrogens with zero attached hydrogens (tertiary/aromatic N) is 2. The maximum absolute atomic E-state index is 13.0. The van der Waals surface area contributed by atoms with E-state index in [1.54, 1.807) is 6.07 Å². The minimum Gasteiger partial charge on any atom is -0.392 e. The number of benzene rings is 1. The number of rotatable bonds is 8. The number of anilines is 1. The quantitative estimate of drug-likeness (QED) is 0.287. The van der Waals surface area contributed by atoms with Crippen LogP contribution in [0.4, 0.5) is 5.82 Å². The average molecular weight is 506 g/mol. The molecule has 190 valence electrons. The second-order valence-electron chi connectivity index (χ2n) is 8.87. The highest BCUT2D eigenvalue weighted by molar-refractivity contribution is 7.87. The van der Waals surface area contributed by atoms with Crippen molar-refractivity contribution in [3.63, 3.8) is 0 Å². The van der Waals surface area contributed by atoms with E-state index in [0.29, 0.717) is 11.1 Å². The molecule has 1 aromatic carbocycles. The second-order valence-corrected chi connectivity index (χ2v) is 10.2. The summed E-state index contributed by atoms with van der Waals surface area (Å²) >= 11 is 0.